The summed E-state index contributed by atoms with van der Waals surface area (Å²) in [4.78, 5) is 13.1. The Morgan fingerprint density at radius 3 is 2.53 bits per heavy atom. The maximum absolute atomic E-state index is 11.3. The van der Waals surface area contributed by atoms with E-state index in [1.165, 1.54) is 7.11 Å². The van der Waals surface area contributed by atoms with Crippen molar-refractivity contribution >= 4 is 39.2 Å². The average Bonchev–Trinajstić information content (AvgIpc) is 2.35. The Morgan fingerprint density at radius 2 is 2.06 bits per heavy atom. The number of alkyl halides is 1. The Kier molecular flexibility index (Phi) is 5.78. The number of carbonyl (C=O) groups excluding carboxylic acids is 1. The molecular formula is C12H15BrClNO2. The van der Waals surface area contributed by atoms with Crippen LogP contribution in [-0.2, 0) is 9.53 Å². The van der Waals surface area contributed by atoms with Crippen LogP contribution in [-0.4, -0.2) is 31.0 Å². The molecule has 0 bridgehead atoms. The van der Waals surface area contributed by atoms with E-state index in [4.69, 9.17) is 11.6 Å². The Bertz CT molecular complexity index is 369. The minimum absolute atomic E-state index is 0.266. The second-order valence-electron chi connectivity index (χ2n) is 3.51. The standard InChI is InChI=1S/C12H15BrClNO2/c1-3-15(8-11(13)12(16)17-2)10-6-4-9(14)5-7-10/h4-7,11H,3,8H2,1-2H3/t11-/m1/s1. The zero-order valence-corrected chi connectivity index (χ0v) is 12.2. The zero-order valence-electron chi connectivity index (χ0n) is 9.82. The monoisotopic (exact) mass is 319 g/mol. The minimum atomic E-state index is -0.330. The highest BCUT2D eigenvalue weighted by Gasteiger charge is 2.18. The molecule has 0 aliphatic heterocycles. The molecule has 1 atom stereocenters. The number of esters is 1. The minimum Gasteiger partial charge on any atom is -0.468 e. The van der Waals surface area contributed by atoms with Gasteiger partial charge in [0.15, 0.2) is 0 Å². The van der Waals surface area contributed by atoms with E-state index in [0.29, 0.717) is 11.6 Å². The van der Waals surface area contributed by atoms with Crippen LogP contribution in [0.5, 0.6) is 0 Å². The van der Waals surface area contributed by atoms with Crippen molar-refractivity contribution in [3.63, 3.8) is 0 Å². The number of ether oxygens (including phenoxy) is 1. The highest BCUT2D eigenvalue weighted by Crippen LogP contribution is 2.19. The van der Waals surface area contributed by atoms with Crippen molar-refractivity contribution in [3.8, 4) is 0 Å². The van der Waals surface area contributed by atoms with Gasteiger partial charge in [-0.25, -0.2) is 0 Å². The molecule has 94 valence electrons. The van der Waals surface area contributed by atoms with E-state index in [9.17, 15) is 4.79 Å². The van der Waals surface area contributed by atoms with Crippen molar-refractivity contribution in [2.75, 3.05) is 25.1 Å². The summed E-state index contributed by atoms with van der Waals surface area (Å²) < 4.78 is 4.68. The highest BCUT2D eigenvalue weighted by atomic mass is 79.9. The number of benzene rings is 1. The van der Waals surface area contributed by atoms with E-state index >= 15 is 0 Å². The fourth-order valence-electron chi connectivity index (χ4n) is 1.46. The molecule has 0 N–H and O–H groups in total. The maximum Gasteiger partial charge on any atom is 0.321 e. The van der Waals surface area contributed by atoms with Crippen LogP contribution in [0.4, 0.5) is 5.69 Å². The number of halogens is 2. The van der Waals surface area contributed by atoms with Gasteiger partial charge in [-0.05, 0) is 31.2 Å². The first-order valence-electron chi connectivity index (χ1n) is 5.31. The predicted octanol–water partition coefficient (Wildman–Crippen LogP) is 3.10. The zero-order chi connectivity index (χ0) is 12.8. The van der Waals surface area contributed by atoms with Crippen molar-refractivity contribution < 1.29 is 9.53 Å². The van der Waals surface area contributed by atoms with E-state index < -0.39 is 0 Å². The molecule has 0 aliphatic carbocycles. The third-order valence-corrected chi connectivity index (χ3v) is 3.33. The summed E-state index contributed by atoms with van der Waals surface area (Å²) in [5.74, 6) is -0.266. The van der Waals surface area contributed by atoms with Gasteiger partial charge in [-0.3, -0.25) is 4.79 Å². The van der Waals surface area contributed by atoms with Gasteiger partial charge in [-0.1, -0.05) is 27.5 Å². The van der Waals surface area contributed by atoms with Crippen LogP contribution in [0, 0.1) is 0 Å². The molecule has 0 spiro atoms. The van der Waals surface area contributed by atoms with Gasteiger partial charge in [-0.15, -0.1) is 0 Å². The average molecular weight is 321 g/mol. The van der Waals surface area contributed by atoms with Crippen molar-refractivity contribution in [3.05, 3.63) is 29.3 Å². The molecule has 0 aliphatic rings. The van der Waals surface area contributed by atoms with Crippen molar-refractivity contribution in [1.29, 1.82) is 0 Å². The van der Waals surface area contributed by atoms with Gasteiger partial charge in [0, 0.05) is 23.8 Å². The van der Waals surface area contributed by atoms with Crippen molar-refractivity contribution in [1.82, 2.24) is 0 Å². The van der Waals surface area contributed by atoms with Gasteiger partial charge >= 0.3 is 5.97 Å². The third kappa shape index (κ3) is 4.21. The van der Waals surface area contributed by atoms with Gasteiger partial charge in [0.1, 0.15) is 4.83 Å². The molecule has 1 rings (SSSR count). The first kappa shape index (κ1) is 14.3. The van der Waals surface area contributed by atoms with E-state index in [1.54, 1.807) is 0 Å². The fourth-order valence-corrected chi connectivity index (χ4v) is 2.13. The first-order chi connectivity index (χ1) is 8.08. The second-order valence-corrected chi connectivity index (χ2v) is 5.05. The third-order valence-electron chi connectivity index (χ3n) is 2.41. The van der Waals surface area contributed by atoms with Crippen LogP contribution in [0.2, 0.25) is 5.02 Å². The summed E-state index contributed by atoms with van der Waals surface area (Å²) in [5.41, 5.74) is 1.03. The van der Waals surface area contributed by atoms with Crippen LogP contribution in [0.15, 0.2) is 24.3 Å². The molecule has 0 aromatic heterocycles. The number of methoxy groups -OCH3 is 1. The quantitative estimate of drug-likeness (QED) is 0.617. The Hall–Kier alpha value is -0.740. The summed E-state index contributed by atoms with van der Waals surface area (Å²) >= 11 is 9.15. The summed E-state index contributed by atoms with van der Waals surface area (Å²) in [7, 11) is 1.38. The summed E-state index contributed by atoms with van der Waals surface area (Å²) in [5, 5.41) is 0.702. The van der Waals surface area contributed by atoms with E-state index in [-0.39, 0.29) is 10.8 Å². The number of hydrogen-bond acceptors (Lipinski definition) is 3. The molecule has 3 nitrogen and oxygen atoms in total. The van der Waals surface area contributed by atoms with Crippen molar-refractivity contribution in [2.24, 2.45) is 0 Å². The van der Waals surface area contributed by atoms with Gasteiger partial charge in [-0.2, -0.15) is 0 Å². The van der Waals surface area contributed by atoms with E-state index in [2.05, 4.69) is 25.6 Å². The number of nitrogens with zero attached hydrogens (tertiary/aromatic N) is 1. The Labute approximate surface area is 115 Å². The molecule has 0 fully saturated rings. The Morgan fingerprint density at radius 1 is 1.47 bits per heavy atom. The van der Waals surface area contributed by atoms with Crippen molar-refractivity contribution in [2.45, 2.75) is 11.8 Å². The molecule has 0 radical (unpaired) electrons. The lowest BCUT2D eigenvalue weighted by Gasteiger charge is -2.24. The fraction of sp³-hybridized carbons (Fsp3) is 0.417. The first-order valence-corrected chi connectivity index (χ1v) is 6.60. The lowest BCUT2D eigenvalue weighted by Crippen LogP contribution is -2.34. The van der Waals surface area contributed by atoms with Crippen LogP contribution in [0.25, 0.3) is 0 Å². The number of carbonyl (C=O) groups is 1. The maximum atomic E-state index is 11.3. The predicted molar refractivity (Wildman–Crippen MR) is 74.1 cm³/mol. The SMILES string of the molecule is CCN(C[C@@H](Br)C(=O)OC)c1ccc(Cl)cc1. The van der Waals surface area contributed by atoms with E-state index in [1.807, 2.05) is 31.2 Å². The topological polar surface area (TPSA) is 29.5 Å². The summed E-state index contributed by atoms with van der Waals surface area (Å²) in [6, 6.07) is 7.54. The molecular weight excluding hydrogens is 305 g/mol. The smallest absolute Gasteiger partial charge is 0.321 e. The molecule has 5 heteroatoms. The van der Waals surface area contributed by atoms with Gasteiger partial charge in [0.05, 0.1) is 7.11 Å². The second kappa shape index (κ2) is 6.87. The summed E-state index contributed by atoms with van der Waals surface area (Å²) in [6.45, 7) is 3.40. The molecule has 1 aromatic carbocycles. The molecule has 17 heavy (non-hydrogen) atoms. The molecule has 1 aromatic rings. The molecule has 0 heterocycles. The number of anilines is 1. The van der Waals surface area contributed by atoms with Crippen LogP contribution >= 0.6 is 27.5 Å². The lowest BCUT2D eigenvalue weighted by atomic mass is 10.2. The molecule has 0 unspecified atom stereocenters. The summed E-state index contributed by atoms with van der Waals surface area (Å²) in [6.07, 6.45) is 0. The number of hydrogen-bond donors (Lipinski definition) is 0. The largest absolute Gasteiger partial charge is 0.468 e. The van der Waals surface area contributed by atoms with Crippen LogP contribution < -0.4 is 4.90 Å². The normalized spacial score (nSPS) is 12.0. The molecule has 0 amide bonds. The lowest BCUT2D eigenvalue weighted by molar-refractivity contribution is -0.139. The van der Waals surface area contributed by atoms with Crippen LogP contribution in [0.1, 0.15) is 6.92 Å². The van der Waals surface area contributed by atoms with Crippen LogP contribution in [0.3, 0.4) is 0 Å². The van der Waals surface area contributed by atoms with Gasteiger partial charge in [0.25, 0.3) is 0 Å². The van der Waals surface area contributed by atoms with Gasteiger partial charge < -0.3 is 9.64 Å². The molecule has 0 saturated carbocycles. The molecule has 0 saturated heterocycles. The van der Waals surface area contributed by atoms with E-state index in [0.717, 1.165) is 12.2 Å². The Balaban J connectivity index is 2.71. The number of rotatable bonds is 5. The van der Waals surface area contributed by atoms with Gasteiger partial charge in [0.2, 0.25) is 0 Å². The highest BCUT2D eigenvalue weighted by molar-refractivity contribution is 9.10.